The molecular weight excluding hydrogens is 373 g/mol. The van der Waals surface area contributed by atoms with Gasteiger partial charge >= 0.3 is 5.97 Å². The molecule has 0 spiro atoms. The number of carbonyl (C=O) groups is 1. The number of aryl methyl sites for hydroxylation is 1. The van der Waals surface area contributed by atoms with Gasteiger partial charge in [0.15, 0.2) is 5.82 Å². The number of pyridine rings is 1. The predicted molar refractivity (Wildman–Crippen MR) is 97.3 cm³/mol. The summed E-state index contributed by atoms with van der Waals surface area (Å²) in [7, 11) is 1.33. The molecule has 0 amide bonds. The summed E-state index contributed by atoms with van der Waals surface area (Å²) in [6, 6.07) is 5.01. The summed E-state index contributed by atoms with van der Waals surface area (Å²) in [5.74, 6) is -1.95. The number of esters is 1. The van der Waals surface area contributed by atoms with Crippen molar-refractivity contribution in [2.45, 2.75) is 57.2 Å². The van der Waals surface area contributed by atoms with Crippen molar-refractivity contribution in [3.63, 3.8) is 0 Å². The number of hydrogen-bond donors (Lipinski definition) is 1. The summed E-state index contributed by atoms with van der Waals surface area (Å²) in [5.41, 5.74) is 1.10. The Kier molecular flexibility index (Phi) is 6.21. The van der Waals surface area contributed by atoms with Crippen LogP contribution in [0.25, 0.3) is 5.82 Å². The van der Waals surface area contributed by atoms with Gasteiger partial charge in [-0.3, -0.25) is 4.79 Å². The highest BCUT2D eigenvalue weighted by molar-refractivity contribution is 5.69. The van der Waals surface area contributed by atoms with Crippen LogP contribution < -0.4 is 5.32 Å². The molecule has 6 nitrogen and oxygen atoms in total. The second-order valence-electron chi connectivity index (χ2n) is 6.95. The zero-order valence-corrected chi connectivity index (χ0v) is 15.6. The topological polar surface area (TPSA) is 69.0 Å². The molecule has 0 saturated heterocycles. The first-order chi connectivity index (χ1) is 13.4. The van der Waals surface area contributed by atoms with Crippen LogP contribution in [0.4, 0.5) is 19.0 Å². The number of anilines is 1. The van der Waals surface area contributed by atoms with Crippen molar-refractivity contribution in [1.29, 1.82) is 0 Å². The average molecular weight is 396 g/mol. The van der Waals surface area contributed by atoms with E-state index in [0.717, 1.165) is 5.56 Å². The third-order valence-electron chi connectivity index (χ3n) is 4.80. The fraction of sp³-hybridized carbons (Fsp3) is 0.526. The third-order valence-corrected chi connectivity index (χ3v) is 4.80. The van der Waals surface area contributed by atoms with Gasteiger partial charge in [0.2, 0.25) is 5.92 Å². The number of nitrogens with zero attached hydrogens (tertiary/aromatic N) is 3. The van der Waals surface area contributed by atoms with Crippen molar-refractivity contribution in [3.05, 3.63) is 35.7 Å². The molecule has 0 unspecified atom stereocenters. The molecule has 2 heterocycles. The van der Waals surface area contributed by atoms with E-state index in [9.17, 15) is 18.0 Å². The van der Waals surface area contributed by atoms with Crippen LogP contribution in [0.15, 0.2) is 24.4 Å². The first kappa shape index (κ1) is 20.2. The monoisotopic (exact) mass is 396 g/mol. The minimum Gasteiger partial charge on any atom is -0.469 e. The Morgan fingerprint density at radius 3 is 2.75 bits per heavy atom. The summed E-state index contributed by atoms with van der Waals surface area (Å²) < 4.78 is 45.7. The van der Waals surface area contributed by atoms with E-state index in [2.05, 4.69) is 20.1 Å². The standard InChI is InChI=1S/C19H23F3N4O2/c1-28-18(27)3-2-13-10-16(23-14-4-7-19(21,22)8-5-14)24-17(11-13)26-9-6-15(12-20)25-26/h6,9-11,14H,2-5,7-8,12H2,1H3,(H,23,24). The number of alkyl halides is 3. The second kappa shape index (κ2) is 8.62. The number of aromatic nitrogens is 3. The van der Waals surface area contributed by atoms with Crippen LogP contribution in [0.2, 0.25) is 0 Å². The Morgan fingerprint density at radius 1 is 1.36 bits per heavy atom. The Bertz CT molecular complexity index is 815. The highest BCUT2D eigenvalue weighted by Gasteiger charge is 2.35. The molecule has 0 aliphatic heterocycles. The van der Waals surface area contributed by atoms with Gasteiger partial charge < -0.3 is 10.1 Å². The van der Waals surface area contributed by atoms with Crippen molar-refractivity contribution in [1.82, 2.24) is 14.8 Å². The summed E-state index contributed by atoms with van der Waals surface area (Å²) in [5, 5.41) is 7.33. The fourth-order valence-electron chi connectivity index (χ4n) is 3.21. The molecule has 1 aliphatic carbocycles. The maximum absolute atomic E-state index is 13.4. The number of hydrogen-bond acceptors (Lipinski definition) is 5. The lowest BCUT2D eigenvalue weighted by molar-refractivity contribution is -0.140. The van der Waals surface area contributed by atoms with Gasteiger partial charge in [-0.1, -0.05) is 0 Å². The predicted octanol–water partition coefficient (Wildman–Crippen LogP) is 3.83. The molecule has 1 fully saturated rings. The molecule has 1 saturated carbocycles. The average Bonchev–Trinajstić information content (AvgIpc) is 3.17. The van der Waals surface area contributed by atoms with Crippen LogP contribution in [0.3, 0.4) is 0 Å². The van der Waals surface area contributed by atoms with Crippen LogP contribution >= 0.6 is 0 Å². The van der Waals surface area contributed by atoms with Gasteiger partial charge in [-0.25, -0.2) is 22.8 Å². The Balaban J connectivity index is 1.81. The highest BCUT2D eigenvalue weighted by Crippen LogP contribution is 2.34. The Morgan fingerprint density at radius 2 is 2.11 bits per heavy atom. The smallest absolute Gasteiger partial charge is 0.305 e. The minimum atomic E-state index is -2.60. The summed E-state index contributed by atoms with van der Waals surface area (Å²) >= 11 is 0. The largest absolute Gasteiger partial charge is 0.469 e. The number of rotatable bonds is 7. The van der Waals surface area contributed by atoms with Gasteiger partial charge in [-0.2, -0.15) is 5.10 Å². The van der Waals surface area contributed by atoms with Crippen molar-refractivity contribution < 1.29 is 22.7 Å². The molecule has 0 bridgehead atoms. The lowest BCUT2D eigenvalue weighted by atomic mass is 9.92. The van der Waals surface area contributed by atoms with E-state index >= 15 is 0 Å². The van der Waals surface area contributed by atoms with Crippen molar-refractivity contribution in [3.8, 4) is 5.82 Å². The molecule has 3 rings (SSSR count). The maximum atomic E-state index is 13.4. The van der Waals surface area contributed by atoms with Crippen LogP contribution in [-0.2, 0) is 22.6 Å². The fourth-order valence-corrected chi connectivity index (χ4v) is 3.21. The van der Waals surface area contributed by atoms with Gasteiger partial charge in [0.05, 0.1) is 12.8 Å². The Labute approximate surface area is 161 Å². The maximum Gasteiger partial charge on any atom is 0.305 e. The number of halogens is 3. The SMILES string of the molecule is COC(=O)CCc1cc(NC2CCC(F)(F)CC2)nc(-n2ccc(CF)n2)c1. The van der Waals surface area contributed by atoms with Crippen LogP contribution in [0, 0.1) is 0 Å². The molecule has 0 atom stereocenters. The van der Waals surface area contributed by atoms with E-state index < -0.39 is 12.6 Å². The number of carbonyl (C=O) groups excluding carboxylic acids is 1. The second-order valence-corrected chi connectivity index (χ2v) is 6.95. The van der Waals surface area contributed by atoms with Gasteiger partial charge in [0.1, 0.15) is 12.5 Å². The molecular formula is C19H23F3N4O2. The summed E-state index contributed by atoms with van der Waals surface area (Å²) in [6.07, 6.45) is 2.62. The van der Waals surface area contributed by atoms with Crippen molar-refractivity contribution in [2.24, 2.45) is 0 Å². The number of ether oxygens (including phenoxy) is 1. The van der Waals surface area contributed by atoms with Gasteiger partial charge in [-0.15, -0.1) is 0 Å². The van der Waals surface area contributed by atoms with E-state index in [1.165, 1.54) is 11.8 Å². The zero-order valence-electron chi connectivity index (χ0n) is 15.6. The van der Waals surface area contributed by atoms with Crippen LogP contribution in [0.5, 0.6) is 0 Å². The molecule has 1 aliphatic rings. The lowest BCUT2D eigenvalue weighted by Gasteiger charge is -2.29. The number of methoxy groups -OCH3 is 1. The van der Waals surface area contributed by atoms with Gasteiger partial charge in [-0.05, 0) is 43.0 Å². The number of nitrogens with one attached hydrogen (secondary N) is 1. The molecule has 1 N–H and O–H groups in total. The van der Waals surface area contributed by atoms with E-state index in [-0.39, 0.29) is 37.0 Å². The normalized spacial score (nSPS) is 16.7. The van der Waals surface area contributed by atoms with Crippen molar-refractivity contribution in [2.75, 3.05) is 12.4 Å². The Hall–Kier alpha value is -2.58. The van der Waals surface area contributed by atoms with Gasteiger partial charge in [0.25, 0.3) is 0 Å². The minimum absolute atomic E-state index is 0.102. The molecule has 152 valence electrons. The van der Waals surface area contributed by atoms with E-state index in [0.29, 0.717) is 30.9 Å². The summed E-state index contributed by atoms with van der Waals surface area (Å²) in [6.45, 7) is -0.684. The molecule has 2 aromatic rings. The first-order valence-corrected chi connectivity index (χ1v) is 9.21. The third kappa shape index (κ3) is 5.24. The van der Waals surface area contributed by atoms with E-state index in [1.54, 1.807) is 24.4 Å². The molecule has 9 heteroatoms. The van der Waals surface area contributed by atoms with E-state index in [1.807, 2.05) is 0 Å². The van der Waals surface area contributed by atoms with Crippen molar-refractivity contribution >= 4 is 11.8 Å². The van der Waals surface area contributed by atoms with E-state index in [4.69, 9.17) is 0 Å². The highest BCUT2D eigenvalue weighted by atomic mass is 19.3. The molecule has 2 aromatic heterocycles. The quantitative estimate of drug-likeness (QED) is 0.721. The van der Waals surface area contributed by atoms with Crippen LogP contribution in [-0.4, -0.2) is 39.8 Å². The molecule has 0 radical (unpaired) electrons. The zero-order chi connectivity index (χ0) is 20.1. The molecule has 0 aromatic carbocycles. The first-order valence-electron chi connectivity index (χ1n) is 9.21. The lowest BCUT2D eigenvalue weighted by Crippen LogP contribution is -2.32. The van der Waals surface area contributed by atoms with Gasteiger partial charge in [0, 0.05) is 31.5 Å². The summed E-state index contributed by atoms with van der Waals surface area (Å²) in [4.78, 5) is 16.0. The molecule has 28 heavy (non-hydrogen) atoms. The van der Waals surface area contributed by atoms with Crippen LogP contribution in [0.1, 0.15) is 43.4 Å².